The van der Waals surface area contributed by atoms with Crippen LogP contribution in [0.25, 0.3) is 10.8 Å². The number of hydrogen-bond acceptors (Lipinski definition) is 4. The first-order valence-electron chi connectivity index (χ1n) is 9.64. The summed E-state index contributed by atoms with van der Waals surface area (Å²) in [5.41, 5.74) is -4.82. The Morgan fingerprint density at radius 2 is 1.68 bits per heavy atom. The summed E-state index contributed by atoms with van der Waals surface area (Å²) >= 11 is 0. The minimum Gasteiger partial charge on any atom is -0.464 e. The van der Waals surface area contributed by atoms with Gasteiger partial charge in [-0.15, -0.1) is 0 Å². The third-order valence-electron chi connectivity index (χ3n) is 4.80. The van der Waals surface area contributed by atoms with E-state index in [0.717, 1.165) is 0 Å². The lowest BCUT2D eigenvalue weighted by molar-refractivity contribution is -0.143. The second-order valence-electron chi connectivity index (χ2n) is 7.13. The predicted molar refractivity (Wildman–Crippen MR) is 109 cm³/mol. The van der Waals surface area contributed by atoms with Gasteiger partial charge in [0.05, 0.1) is 23.2 Å². The number of alkyl halides is 6. The first-order chi connectivity index (χ1) is 15.8. The molecule has 0 saturated carbocycles. The van der Waals surface area contributed by atoms with Crippen LogP contribution < -0.4 is 10.9 Å². The summed E-state index contributed by atoms with van der Waals surface area (Å²) in [5, 5.41) is 2.56. The molecule has 0 unspecified atom stereocenters. The average Bonchev–Trinajstić information content (AvgIpc) is 2.74. The van der Waals surface area contributed by atoms with Gasteiger partial charge in [-0.3, -0.25) is 14.4 Å². The van der Waals surface area contributed by atoms with Gasteiger partial charge in [0, 0.05) is 29.6 Å². The van der Waals surface area contributed by atoms with Crippen LogP contribution in [0.3, 0.4) is 0 Å². The SMILES string of the molecule is CC(=O)OCCn1ccc2c(NC(=O)c3ccc(C(F)(F)F)cc3C(F)(F)F)cccc2c1=O. The third kappa shape index (κ3) is 5.38. The number of aromatic nitrogens is 1. The van der Waals surface area contributed by atoms with Crippen LogP contribution in [0.4, 0.5) is 32.0 Å². The second kappa shape index (κ2) is 9.20. The zero-order chi connectivity index (χ0) is 25.3. The average molecular weight is 486 g/mol. The van der Waals surface area contributed by atoms with Crippen molar-refractivity contribution in [1.29, 1.82) is 0 Å². The lowest BCUT2D eigenvalue weighted by Gasteiger charge is -2.16. The van der Waals surface area contributed by atoms with E-state index in [-0.39, 0.29) is 35.7 Å². The number of benzene rings is 2. The monoisotopic (exact) mass is 486 g/mol. The van der Waals surface area contributed by atoms with Crippen LogP contribution in [-0.2, 0) is 28.4 Å². The van der Waals surface area contributed by atoms with Crippen molar-refractivity contribution in [2.75, 3.05) is 11.9 Å². The Morgan fingerprint density at radius 1 is 0.971 bits per heavy atom. The molecule has 0 aliphatic carbocycles. The minimum absolute atomic E-state index is 0.0141. The molecule has 1 N–H and O–H groups in total. The molecule has 12 heteroatoms. The van der Waals surface area contributed by atoms with Crippen molar-refractivity contribution in [2.45, 2.75) is 25.8 Å². The normalized spacial score (nSPS) is 12.0. The third-order valence-corrected chi connectivity index (χ3v) is 4.80. The van der Waals surface area contributed by atoms with Crippen molar-refractivity contribution in [2.24, 2.45) is 0 Å². The summed E-state index contributed by atoms with van der Waals surface area (Å²) in [6, 6.07) is 6.28. The Hall–Kier alpha value is -3.83. The molecule has 1 heterocycles. The molecule has 2 aromatic carbocycles. The Balaban J connectivity index is 1.97. The molecule has 0 atom stereocenters. The highest BCUT2D eigenvalue weighted by molar-refractivity contribution is 6.09. The van der Waals surface area contributed by atoms with Gasteiger partial charge in [0.25, 0.3) is 11.5 Å². The summed E-state index contributed by atoms with van der Waals surface area (Å²) in [7, 11) is 0. The Bertz CT molecular complexity index is 1310. The molecule has 34 heavy (non-hydrogen) atoms. The summed E-state index contributed by atoms with van der Waals surface area (Å²) < 4.78 is 84.8. The van der Waals surface area contributed by atoms with Gasteiger partial charge in [0.2, 0.25) is 0 Å². The summed E-state index contributed by atoms with van der Waals surface area (Å²) in [6.45, 7) is 1.19. The molecular weight excluding hydrogens is 470 g/mol. The van der Waals surface area contributed by atoms with Gasteiger partial charge < -0.3 is 14.6 Å². The zero-order valence-electron chi connectivity index (χ0n) is 17.4. The number of pyridine rings is 1. The highest BCUT2D eigenvalue weighted by atomic mass is 19.4. The fraction of sp³-hybridized carbons (Fsp3) is 0.227. The minimum atomic E-state index is -5.22. The van der Waals surface area contributed by atoms with Crippen molar-refractivity contribution >= 4 is 28.3 Å². The molecule has 6 nitrogen and oxygen atoms in total. The Morgan fingerprint density at radius 3 is 2.29 bits per heavy atom. The van der Waals surface area contributed by atoms with E-state index in [2.05, 4.69) is 5.32 Å². The highest BCUT2D eigenvalue weighted by Crippen LogP contribution is 2.37. The molecule has 0 aliphatic heterocycles. The topological polar surface area (TPSA) is 77.4 Å². The number of nitrogens with zero attached hydrogens (tertiary/aromatic N) is 1. The molecular formula is C22H16F6N2O4. The summed E-state index contributed by atoms with van der Waals surface area (Å²) in [5.74, 6) is -1.83. The van der Waals surface area contributed by atoms with Crippen LogP contribution in [0.15, 0.2) is 53.5 Å². The van der Waals surface area contributed by atoms with E-state index in [1.807, 2.05) is 0 Å². The Labute approximate surface area is 187 Å². The standard InChI is InChI=1S/C22H16F6N2O4/c1-12(31)34-10-9-30-8-7-14-15(20(30)33)3-2-4-18(14)29-19(32)16-6-5-13(21(23,24)25)11-17(16)22(26,27)28/h2-8,11H,9-10H2,1H3,(H,29,32). The fourth-order valence-electron chi connectivity index (χ4n) is 3.23. The van der Waals surface area contributed by atoms with Crippen molar-refractivity contribution < 1.29 is 40.7 Å². The van der Waals surface area contributed by atoms with Gasteiger partial charge in [-0.05, 0) is 36.4 Å². The molecule has 0 spiro atoms. The van der Waals surface area contributed by atoms with Crippen LogP contribution in [-0.4, -0.2) is 23.1 Å². The zero-order valence-corrected chi connectivity index (χ0v) is 17.4. The number of carbonyl (C=O) groups is 2. The number of ether oxygens (including phenoxy) is 1. The molecule has 0 bridgehead atoms. The summed E-state index contributed by atoms with van der Waals surface area (Å²) in [4.78, 5) is 36.2. The summed E-state index contributed by atoms with van der Waals surface area (Å²) in [6.07, 6.45) is -8.90. The largest absolute Gasteiger partial charge is 0.464 e. The number of carbonyl (C=O) groups excluding carboxylic acids is 2. The first kappa shape index (κ1) is 24.8. The number of anilines is 1. The van der Waals surface area contributed by atoms with E-state index in [4.69, 9.17) is 4.74 Å². The molecule has 0 fully saturated rings. The number of esters is 1. The molecule has 0 radical (unpaired) electrons. The van der Waals surface area contributed by atoms with E-state index in [0.29, 0.717) is 12.1 Å². The van der Waals surface area contributed by atoms with Gasteiger partial charge in [-0.2, -0.15) is 26.3 Å². The van der Waals surface area contributed by atoms with E-state index in [9.17, 15) is 40.7 Å². The maximum Gasteiger partial charge on any atom is 0.417 e. The van der Waals surface area contributed by atoms with Crippen molar-refractivity contribution in [3.8, 4) is 0 Å². The molecule has 3 rings (SSSR count). The maximum absolute atomic E-state index is 13.4. The molecule has 1 amide bonds. The van der Waals surface area contributed by atoms with Crippen LogP contribution in [0, 0.1) is 0 Å². The van der Waals surface area contributed by atoms with Crippen molar-refractivity contribution in [1.82, 2.24) is 4.57 Å². The van der Waals surface area contributed by atoms with E-state index in [1.54, 1.807) is 0 Å². The van der Waals surface area contributed by atoms with Crippen molar-refractivity contribution in [3.05, 3.63) is 75.7 Å². The van der Waals surface area contributed by atoms with Gasteiger partial charge in [-0.25, -0.2) is 0 Å². The highest BCUT2D eigenvalue weighted by Gasteiger charge is 2.39. The Kier molecular flexibility index (Phi) is 6.71. The van der Waals surface area contributed by atoms with Crippen LogP contribution in [0.2, 0.25) is 0 Å². The van der Waals surface area contributed by atoms with Gasteiger partial charge in [-0.1, -0.05) is 6.07 Å². The lowest BCUT2D eigenvalue weighted by atomic mass is 10.0. The number of hydrogen-bond donors (Lipinski definition) is 1. The van der Waals surface area contributed by atoms with Gasteiger partial charge >= 0.3 is 18.3 Å². The second-order valence-corrected chi connectivity index (χ2v) is 7.13. The number of rotatable bonds is 5. The first-order valence-corrected chi connectivity index (χ1v) is 9.64. The number of halogens is 6. The molecule has 0 saturated heterocycles. The molecule has 180 valence electrons. The molecule has 0 aliphatic rings. The van der Waals surface area contributed by atoms with Crippen molar-refractivity contribution in [3.63, 3.8) is 0 Å². The van der Waals surface area contributed by atoms with Gasteiger partial charge in [0.1, 0.15) is 6.61 Å². The van der Waals surface area contributed by atoms with Crippen LogP contribution >= 0.6 is 0 Å². The predicted octanol–water partition coefficient (Wildman–Crippen LogP) is 4.85. The van der Waals surface area contributed by atoms with E-state index < -0.39 is 46.5 Å². The quantitative estimate of drug-likeness (QED) is 0.413. The van der Waals surface area contributed by atoms with E-state index in [1.165, 1.54) is 42.0 Å². The number of amides is 1. The van der Waals surface area contributed by atoms with Gasteiger partial charge in [0.15, 0.2) is 0 Å². The van der Waals surface area contributed by atoms with Crippen LogP contribution in [0.1, 0.15) is 28.4 Å². The number of fused-ring (bicyclic) bond motifs is 1. The maximum atomic E-state index is 13.4. The van der Waals surface area contributed by atoms with Crippen LogP contribution in [0.5, 0.6) is 0 Å². The number of nitrogens with one attached hydrogen (secondary N) is 1. The molecule has 1 aromatic heterocycles. The molecule has 3 aromatic rings. The fourth-order valence-corrected chi connectivity index (χ4v) is 3.23. The van der Waals surface area contributed by atoms with E-state index >= 15 is 0 Å². The lowest BCUT2D eigenvalue weighted by Crippen LogP contribution is -2.23. The smallest absolute Gasteiger partial charge is 0.417 e.